The highest BCUT2D eigenvalue weighted by atomic mass is 19.1. The summed E-state index contributed by atoms with van der Waals surface area (Å²) in [5.74, 6) is 1.49. The second-order valence-corrected chi connectivity index (χ2v) is 4.53. The molecule has 1 aromatic heterocycles. The number of hydrogen-bond acceptors (Lipinski definition) is 3. The zero-order valence-electron chi connectivity index (χ0n) is 9.31. The summed E-state index contributed by atoms with van der Waals surface area (Å²) in [6, 6.07) is 6.80. The SMILES string of the molecule is Fc1ccc(C2CCC(c3nn[nH]n3)C2)cc1. The van der Waals surface area contributed by atoms with E-state index in [0.717, 1.165) is 25.1 Å². The van der Waals surface area contributed by atoms with Crippen LogP contribution >= 0.6 is 0 Å². The number of tetrazole rings is 1. The molecule has 3 rings (SSSR count). The van der Waals surface area contributed by atoms with Gasteiger partial charge < -0.3 is 0 Å². The highest BCUT2D eigenvalue weighted by Gasteiger charge is 2.29. The monoisotopic (exact) mass is 232 g/mol. The van der Waals surface area contributed by atoms with Gasteiger partial charge in [0.2, 0.25) is 0 Å². The Bertz CT molecular complexity index is 480. The van der Waals surface area contributed by atoms with Gasteiger partial charge in [-0.1, -0.05) is 17.3 Å². The van der Waals surface area contributed by atoms with E-state index in [2.05, 4.69) is 20.6 Å². The molecule has 0 saturated heterocycles. The van der Waals surface area contributed by atoms with E-state index in [4.69, 9.17) is 0 Å². The Labute approximate surface area is 98.2 Å². The summed E-state index contributed by atoms with van der Waals surface area (Å²) in [5, 5.41) is 14.1. The van der Waals surface area contributed by atoms with Gasteiger partial charge in [-0.2, -0.15) is 5.21 Å². The van der Waals surface area contributed by atoms with Gasteiger partial charge in [0.05, 0.1) is 0 Å². The second-order valence-electron chi connectivity index (χ2n) is 4.53. The quantitative estimate of drug-likeness (QED) is 0.864. The fraction of sp³-hybridized carbons (Fsp3) is 0.417. The predicted molar refractivity (Wildman–Crippen MR) is 59.9 cm³/mol. The molecule has 4 nitrogen and oxygen atoms in total. The van der Waals surface area contributed by atoms with Gasteiger partial charge in [0.1, 0.15) is 5.82 Å². The molecule has 2 aromatic rings. The van der Waals surface area contributed by atoms with Crippen molar-refractivity contribution < 1.29 is 4.39 Å². The Morgan fingerprint density at radius 1 is 1.12 bits per heavy atom. The largest absolute Gasteiger partial charge is 0.207 e. The Balaban J connectivity index is 1.74. The minimum absolute atomic E-state index is 0.179. The summed E-state index contributed by atoms with van der Waals surface area (Å²) in [6.07, 6.45) is 3.19. The third kappa shape index (κ3) is 2.05. The van der Waals surface area contributed by atoms with E-state index < -0.39 is 0 Å². The van der Waals surface area contributed by atoms with Crippen LogP contribution in [-0.4, -0.2) is 20.6 Å². The third-order valence-electron chi connectivity index (χ3n) is 3.50. The van der Waals surface area contributed by atoms with E-state index in [1.165, 1.54) is 17.7 Å². The van der Waals surface area contributed by atoms with Crippen LogP contribution in [-0.2, 0) is 0 Å². The van der Waals surface area contributed by atoms with Gasteiger partial charge in [-0.05, 0) is 42.9 Å². The van der Waals surface area contributed by atoms with Crippen molar-refractivity contribution in [3.8, 4) is 0 Å². The predicted octanol–water partition coefficient (Wildman–Crippen LogP) is 2.39. The second kappa shape index (κ2) is 4.24. The van der Waals surface area contributed by atoms with Crippen molar-refractivity contribution in [1.82, 2.24) is 20.6 Å². The Kier molecular flexibility index (Phi) is 2.59. The van der Waals surface area contributed by atoms with Crippen LogP contribution in [0.5, 0.6) is 0 Å². The summed E-state index contributed by atoms with van der Waals surface area (Å²) < 4.78 is 12.8. The molecule has 0 amide bonds. The molecular weight excluding hydrogens is 219 g/mol. The third-order valence-corrected chi connectivity index (χ3v) is 3.50. The summed E-state index contributed by atoms with van der Waals surface area (Å²) in [5.41, 5.74) is 1.21. The molecule has 2 unspecified atom stereocenters. The minimum Gasteiger partial charge on any atom is -0.207 e. The minimum atomic E-state index is -0.179. The maximum Gasteiger partial charge on any atom is 0.177 e. The van der Waals surface area contributed by atoms with Gasteiger partial charge in [0, 0.05) is 5.92 Å². The lowest BCUT2D eigenvalue weighted by molar-refractivity contribution is 0.622. The Hall–Kier alpha value is -1.78. The molecule has 1 aliphatic rings. The van der Waals surface area contributed by atoms with E-state index in [0.29, 0.717) is 11.8 Å². The van der Waals surface area contributed by atoms with Gasteiger partial charge in [0.25, 0.3) is 0 Å². The Morgan fingerprint density at radius 3 is 2.59 bits per heavy atom. The van der Waals surface area contributed by atoms with Crippen LogP contribution in [0.25, 0.3) is 0 Å². The smallest absolute Gasteiger partial charge is 0.177 e. The highest BCUT2D eigenvalue weighted by Crippen LogP contribution is 2.42. The summed E-state index contributed by atoms with van der Waals surface area (Å²) >= 11 is 0. The number of nitrogens with one attached hydrogen (secondary N) is 1. The van der Waals surface area contributed by atoms with Gasteiger partial charge in [-0.25, -0.2) is 4.39 Å². The van der Waals surface area contributed by atoms with E-state index >= 15 is 0 Å². The molecule has 1 aromatic carbocycles. The topological polar surface area (TPSA) is 54.5 Å². The van der Waals surface area contributed by atoms with Crippen LogP contribution in [0.4, 0.5) is 4.39 Å². The number of rotatable bonds is 2. The molecule has 1 N–H and O–H groups in total. The zero-order valence-corrected chi connectivity index (χ0v) is 9.31. The number of halogens is 1. The maximum absolute atomic E-state index is 12.8. The lowest BCUT2D eigenvalue weighted by Gasteiger charge is -2.09. The van der Waals surface area contributed by atoms with Crippen LogP contribution in [0, 0.1) is 5.82 Å². The number of benzene rings is 1. The molecular formula is C12H13FN4. The molecule has 1 fully saturated rings. The summed E-state index contributed by atoms with van der Waals surface area (Å²) in [6.45, 7) is 0. The van der Waals surface area contributed by atoms with Crippen molar-refractivity contribution in [3.63, 3.8) is 0 Å². The lowest BCUT2D eigenvalue weighted by Crippen LogP contribution is -1.97. The lowest BCUT2D eigenvalue weighted by atomic mass is 9.96. The first kappa shape index (κ1) is 10.4. The fourth-order valence-electron chi connectivity index (χ4n) is 2.60. The number of hydrogen-bond donors (Lipinski definition) is 1. The van der Waals surface area contributed by atoms with Crippen LogP contribution < -0.4 is 0 Å². The average Bonchev–Trinajstić information content (AvgIpc) is 3.00. The number of nitrogens with zero attached hydrogens (tertiary/aromatic N) is 3. The van der Waals surface area contributed by atoms with Crippen molar-refractivity contribution in [3.05, 3.63) is 41.5 Å². The van der Waals surface area contributed by atoms with Crippen molar-refractivity contribution in [2.24, 2.45) is 0 Å². The first-order chi connectivity index (χ1) is 8.33. The molecule has 88 valence electrons. The van der Waals surface area contributed by atoms with E-state index in [-0.39, 0.29) is 5.82 Å². The van der Waals surface area contributed by atoms with Gasteiger partial charge in [-0.15, -0.1) is 10.2 Å². The molecule has 17 heavy (non-hydrogen) atoms. The first-order valence-electron chi connectivity index (χ1n) is 5.82. The first-order valence-corrected chi connectivity index (χ1v) is 5.82. The Morgan fingerprint density at radius 2 is 1.88 bits per heavy atom. The van der Waals surface area contributed by atoms with Crippen molar-refractivity contribution in [2.45, 2.75) is 31.1 Å². The van der Waals surface area contributed by atoms with Gasteiger partial charge in [-0.3, -0.25) is 0 Å². The van der Waals surface area contributed by atoms with Crippen LogP contribution in [0.2, 0.25) is 0 Å². The van der Waals surface area contributed by atoms with E-state index in [9.17, 15) is 4.39 Å². The molecule has 1 saturated carbocycles. The molecule has 0 bridgehead atoms. The van der Waals surface area contributed by atoms with Crippen molar-refractivity contribution >= 4 is 0 Å². The van der Waals surface area contributed by atoms with Crippen LogP contribution in [0.1, 0.15) is 42.5 Å². The van der Waals surface area contributed by atoms with Gasteiger partial charge >= 0.3 is 0 Å². The van der Waals surface area contributed by atoms with Crippen molar-refractivity contribution in [2.75, 3.05) is 0 Å². The van der Waals surface area contributed by atoms with Gasteiger partial charge in [0.15, 0.2) is 5.82 Å². The fourth-order valence-corrected chi connectivity index (χ4v) is 2.60. The standard InChI is InChI=1S/C12H13FN4/c13-11-5-3-8(4-6-11)9-1-2-10(7-9)12-14-16-17-15-12/h3-6,9-10H,1-2,7H2,(H,14,15,16,17). The number of aromatic nitrogens is 4. The number of H-pyrrole nitrogens is 1. The van der Waals surface area contributed by atoms with E-state index in [1.54, 1.807) is 0 Å². The number of aromatic amines is 1. The van der Waals surface area contributed by atoms with Crippen LogP contribution in [0.3, 0.4) is 0 Å². The van der Waals surface area contributed by atoms with E-state index in [1.807, 2.05) is 12.1 Å². The summed E-state index contributed by atoms with van der Waals surface area (Å²) in [4.78, 5) is 0. The van der Waals surface area contributed by atoms with Crippen LogP contribution in [0.15, 0.2) is 24.3 Å². The molecule has 5 heteroatoms. The maximum atomic E-state index is 12.8. The molecule has 0 spiro atoms. The molecule has 1 heterocycles. The van der Waals surface area contributed by atoms with Crippen molar-refractivity contribution in [1.29, 1.82) is 0 Å². The average molecular weight is 232 g/mol. The molecule has 2 atom stereocenters. The zero-order chi connectivity index (χ0) is 11.7. The molecule has 1 aliphatic carbocycles. The molecule has 0 radical (unpaired) electrons. The highest BCUT2D eigenvalue weighted by molar-refractivity contribution is 5.22. The normalized spacial score (nSPS) is 24.1. The summed E-state index contributed by atoms with van der Waals surface area (Å²) in [7, 11) is 0. The molecule has 0 aliphatic heterocycles.